The van der Waals surface area contributed by atoms with E-state index in [0.29, 0.717) is 19.3 Å². The smallest absolute Gasteiger partial charge is 0.262 e. The number of hydrogen-bond donors (Lipinski definition) is 1. The zero-order valence-electron chi connectivity index (χ0n) is 15.2. The first-order chi connectivity index (χ1) is 12.9. The monoisotopic (exact) mass is 370 g/mol. The number of benzene rings is 1. The van der Waals surface area contributed by atoms with Crippen molar-refractivity contribution in [2.45, 2.75) is 57.9 Å². The van der Waals surface area contributed by atoms with E-state index in [0.717, 1.165) is 23.3 Å². The van der Waals surface area contributed by atoms with Crippen LogP contribution in [0.4, 0.5) is 0 Å². The summed E-state index contributed by atoms with van der Waals surface area (Å²) in [4.78, 5) is 61.5. The van der Waals surface area contributed by atoms with E-state index in [1.165, 1.54) is 0 Å². The zero-order valence-corrected chi connectivity index (χ0v) is 15.2. The Morgan fingerprint density at radius 3 is 2.56 bits per heavy atom. The molecular formula is C20H22N2O5. The SMILES string of the molecule is CCCCC(=O)CCc1ccc2c(c1)C(=O)N(C1CCC(=O)NC1=O)C2=O. The lowest BCUT2D eigenvalue weighted by Crippen LogP contribution is -2.54. The quantitative estimate of drug-likeness (QED) is 0.738. The fourth-order valence-corrected chi connectivity index (χ4v) is 3.46. The number of Topliss-reactive ketones (excluding diaryl/α,β-unsaturated/α-hetero) is 1. The summed E-state index contributed by atoms with van der Waals surface area (Å²) in [7, 11) is 0. The maximum Gasteiger partial charge on any atom is 0.262 e. The van der Waals surface area contributed by atoms with Gasteiger partial charge in [-0.15, -0.1) is 0 Å². The van der Waals surface area contributed by atoms with Gasteiger partial charge in [0.1, 0.15) is 11.8 Å². The van der Waals surface area contributed by atoms with E-state index in [4.69, 9.17) is 0 Å². The van der Waals surface area contributed by atoms with Gasteiger partial charge in [0.2, 0.25) is 11.8 Å². The van der Waals surface area contributed by atoms with Gasteiger partial charge in [0.25, 0.3) is 11.8 Å². The van der Waals surface area contributed by atoms with E-state index in [9.17, 15) is 24.0 Å². The maximum absolute atomic E-state index is 12.7. The summed E-state index contributed by atoms with van der Waals surface area (Å²) in [6, 6.07) is 3.99. The van der Waals surface area contributed by atoms with Crippen LogP contribution in [0.1, 0.15) is 71.7 Å². The highest BCUT2D eigenvalue weighted by atomic mass is 16.2. The van der Waals surface area contributed by atoms with Crippen LogP contribution in [-0.4, -0.2) is 40.4 Å². The van der Waals surface area contributed by atoms with Gasteiger partial charge in [-0.1, -0.05) is 19.4 Å². The zero-order chi connectivity index (χ0) is 19.6. The number of carbonyl (C=O) groups is 5. The molecule has 7 heteroatoms. The van der Waals surface area contributed by atoms with Crippen molar-refractivity contribution < 1.29 is 24.0 Å². The summed E-state index contributed by atoms with van der Waals surface area (Å²) < 4.78 is 0. The van der Waals surface area contributed by atoms with Crippen molar-refractivity contribution in [1.29, 1.82) is 0 Å². The average Bonchev–Trinajstić information content (AvgIpc) is 2.89. The molecule has 7 nitrogen and oxygen atoms in total. The summed E-state index contributed by atoms with van der Waals surface area (Å²) >= 11 is 0. The van der Waals surface area contributed by atoms with Crippen LogP contribution < -0.4 is 5.32 Å². The molecule has 0 aromatic heterocycles. The molecule has 27 heavy (non-hydrogen) atoms. The molecule has 2 aliphatic heterocycles. The van der Waals surface area contributed by atoms with E-state index in [-0.39, 0.29) is 29.8 Å². The molecule has 142 valence electrons. The molecule has 0 aliphatic carbocycles. The van der Waals surface area contributed by atoms with Crippen molar-refractivity contribution in [3.05, 3.63) is 34.9 Å². The first kappa shape index (κ1) is 18.9. The second-order valence-corrected chi connectivity index (χ2v) is 6.97. The molecule has 1 fully saturated rings. The van der Waals surface area contributed by atoms with Crippen molar-refractivity contribution in [2.75, 3.05) is 0 Å². The molecule has 1 N–H and O–H groups in total. The number of fused-ring (bicyclic) bond motifs is 1. The van der Waals surface area contributed by atoms with Crippen LogP contribution in [0.15, 0.2) is 18.2 Å². The lowest BCUT2D eigenvalue weighted by atomic mass is 10.0. The predicted octanol–water partition coefficient (Wildman–Crippen LogP) is 1.78. The van der Waals surface area contributed by atoms with E-state index < -0.39 is 29.7 Å². The Labute approximate surface area is 157 Å². The largest absolute Gasteiger partial charge is 0.300 e. The minimum absolute atomic E-state index is 0.0922. The van der Waals surface area contributed by atoms with Gasteiger partial charge < -0.3 is 0 Å². The molecule has 1 saturated heterocycles. The summed E-state index contributed by atoms with van der Waals surface area (Å²) in [5.74, 6) is -1.88. The molecule has 1 aromatic rings. The Morgan fingerprint density at radius 2 is 1.85 bits per heavy atom. The lowest BCUT2D eigenvalue weighted by Gasteiger charge is -2.27. The average molecular weight is 370 g/mol. The molecule has 0 saturated carbocycles. The molecule has 0 spiro atoms. The lowest BCUT2D eigenvalue weighted by molar-refractivity contribution is -0.136. The van der Waals surface area contributed by atoms with Crippen molar-refractivity contribution in [3.63, 3.8) is 0 Å². The van der Waals surface area contributed by atoms with Crippen molar-refractivity contribution in [2.24, 2.45) is 0 Å². The third kappa shape index (κ3) is 3.82. The van der Waals surface area contributed by atoms with Gasteiger partial charge in [-0.2, -0.15) is 0 Å². The molecular weight excluding hydrogens is 348 g/mol. The first-order valence-corrected chi connectivity index (χ1v) is 9.28. The van der Waals surface area contributed by atoms with Gasteiger partial charge in [-0.05, 0) is 37.0 Å². The number of carbonyl (C=O) groups excluding carboxylic acids is 5. The second-order valence-electron chi connectivity index (χ2n) is 6.97. The molecule has 1 aromatic carbocycles. The van der Waals surface area contributed by atoms with Crippen LogP contribution in [0.5, 0.6) is 0 Å². The van der Waals surface area contributed by atoms with Crippen LogP contribution in [0.3, 0.4) is 0 Å². The fourth-order valence-electron chi connectivity index (χ4n) is 3.46. The van der Waals surface area contributed by atoms with Crippen LogP contribution in [0, 0.1) is 0 Å². The number of aryl methyl sites for hydroxylation is 1. The number of piperidine rings is 1. The molecule has 4 amide bonds. The molecule has 1 unspecified atom stereocenters. The normalized spacial score (nSPS) is 19.3. The highest BCUT2D eigenvalue weighted by Crippen LogP contribution is 2.28. The van der Waals surface area contributed by atoms with E-state index in [2.05, 4.69) is 5.32 Å². The summed E-state index contributed by atoms with van der Waals surface area (Å²) in [5.41, 5.74) is 1.32. The number of imide groups is 2. The Morgan fingerprint density at radius 1 is 1.11 bits per heavy atom. The van der Waals surface area contributed by atoms with Crippen molar-refractivity contribution >= 4 is 29.4 Å². The number of nitrogens with one attached hydrogen (secondary N) is 1. The maximum atomic E-state index is 12.7. The highest BCUT2D eigenvalue weighted by molar-refractivity contribution is 6.23. The predicted molar refractivity (Wildman–Crippen MR) is 96.0 cm³/mol. The Bertz CT molecular complexity index is 830. The minimum atomic E-state index is -0.964. The summed E-state index contributed by atoms with van der Waals surface area (Å²) in [6.07, 6.45) is 3.54. The van der Waals surface area contributed by atoms with Crippen LogP contribution >= 0.6 is 0 Å². The second kappa shape index (κ2) is 7.82. The fraction of sp³-hybridized carbons (Fsp3) is 0.450. The molecule has 0 bridgehead atoms. The number of hydrogen-bond acceptors (Lipinski definition) is 5. The Hall–Kier alpha value is -2.83. The first-order valence-electron chi connectivity index (χ1n) is 9.28. The topological polar surface area (TPSA) is 101 Å². The van der Waals surface area contributed by atoms with E-state index in [1.54, 1.807) is 18.2 Å². The van der Waals surface area contributed by atoms with Gasteiger partial charge in [0.05, 0.1) is 11.1 Å². The van der Waals surface area contributed by atoms with Gasteiger partial charge in [-0.25, -0.2) is 0 Å². The number of nitrogens with zero attached hydrogens (tertiary/aromatic N) is 1. The number of amides is 4. The number of unbranched alkanes of at least 4 members (excludes halogenated alkanes) is 1. The molecule has 2 heterocycles. The van der Waals surface area contributed by atoms with Crippen LogP contribution in [-0.2, 0) is 20.8 Å². The van der Waals surface area contributed by atoms with Gasteiger partial charge in [0.15, 0.2) is 0 Å². The van der Waals surface area contributed by atoms with Crippen LogP contribution in [0.2, 0.25) is 0 Å². The minimum Gasteiger partial charge on any atom is -0.300 e. The van der Waals surface area contributed by atoms with Gasteiger partial charge in [0, 0.05) is 19.3 Å². The summed E-state index contributed by atoms with van der Waals surface area (Å²) in [6.45, 7) is 2.03. The number of rotatable bonds is 7. The van der Waals surface area contributed by atoms with E-state index in [1.807, 2.05) is 6.92 Å². The Kier molecular flexibility index (Phi) is 5.48. The summed E-state index contributed by atoms with van der Waals surface area (Å²) in [5, 5.41) is 2.17. The molecule has 2 aliphatic rings. The molecule has 1 atom stereocenters. The highest BCUT2D eigenvalue weighted by Gasteiger charge is 2.44. The van der Waals surface area contributed by atoms with Gasteiger partial charge in [-0.3, -0.25) is 34.2 Å². The molecule has 3 rings (SSSR count). The standard InChI is InChI=1S/C20H22N2O5/c1-2-3-4-13(23)7-5-12-6-8-14-15(11-12)20(27)22(19(14)26)16-9-10-17(24)21-18(16)25/h6,8,11,16H,2-5,7,9-10H2,1H3,(H,21,24,25). The number of ketones is 1. The third-order valence-corrected chi connectivity index (χ3v) is 5.01. The molecule has 0 radical (unpaired) electrons. The van der Waals surface area contributed by atoms with Gasteiger partial charge >= 0.3 is 0 Å². The Balaban J connectivity index is 1.74. The third-order valence-electron chi connectivity index (χ3n) is 5.01. The van der Waals surface area contributed by atoms with E-state index >= 15 is 0 Å². The van der Waals surface area contributed by atoms with Crippen molar-refractivity contribution in [3.8, 4) is 0 Å². The van der Waals surface area contributed by atoms with Crippen LogP contribution in [0.25, 0.3) is 0 Å². The van der Waals surface area contributed by atoms with Crippen molar-refractivity contribution in [1.82, 2.24) is 10.2 Å².